The molecule has 0 saturated heterocycles. The lowest BCUT2D eigenvalue weighted by molar-refractivity contribution is 0.0688. The summed E-state index contributed by atoms with van der Waals surface area (Å²) in [6, 6.07) is 8.90. The maximum Gasteiger partial charge on any atom is 0.261 e. The Morgan fingerprint density at radius 2 is 1.84 bits per heavy atom. The Morgan fingerprint density at radius 3 is 2.54 bits per heavy atom. The van der Waals surface area contributed by atoms with E-state index in [2.05, 4.69) is 19.9 Å². The van der Waals surface area contributed by atoms with Gasteiger partial charge in [0.25, 0.3) is 5.56 Å². The molecule has 0 aromatic carbocycles. The Bertz CT molecular complexity index is 1530. The first-order valence-electron chi connectivity index (χ1n) is 11.6. The van der Waals surface area contributed by atoms with Gasteiger partial charge in [-0.05, 0) is 52.3 Å². The third-order valence-electron chi connectivity index (χ3n) is 5.79. The first-order chi connectivity index (χ1) is 17.5. The Balaban J connectivity index is 1.73. The minimum atomic E-state index is -1.22. The molecule has 0 atom stereocenters. The third-order valence-corrected chi connectivity index (χ3v) is 6.08. The maximum absolute atomic E-state index is 13.5. The largest absolute Gasteiger partial charge is 0.487 e. The van der Waals surface area contributed by atoms with Gasteiger partial charge in [-0.15, -0.1) is 0 Å². The van der Waals surface area contributed by atoms with Crippen LogP contribution >= 0.6 is 11.6 Å². The van der Waals surface area contributed by atoms with Crippen LogP contribution in [0.2, 0.25) is 5.02 Å². The van der Waals surface area contributed by atoms with E-state index in [-0.39, 0.29) is 18.0 Å². The van der Waals surface area contributed by atoms with Crippen molar-refractivity contribution < 1.29 is 14.6 Å². The molecule has 192 valence electrons. The summed E-state index contributed by atoms with van der Waals surface area (Å²) < 4.78 is 12.6. The van der Waals surface area contributed by atoms with Crippen molar-refractivity contribution in [1.82, 2.24) is 24.5 Å². The van der Waals surface area contributed by atoms with Gasteiger partial charge < -0.3 is 14.6 Å². The first-order valence-corrected chi connectivity index (χ1v) is 12.0. The molecule has 0 saturated carbocycles. The lowest BCUT2D eigenvalue weighted by Crippen LogP contribution is -2.24. The van der Waals surface area contributed by atoms with Gasteiger partial charge >= 0.3 is 0 Å². The highest BCUT2D eigenvalue weighted by molar-refractivity contribution is 6.32. The van der Waals surface area contributed by atoms with E-state index < -0.39 is 5.60 Å². The van der Waals surface area contributed by atoms with Gasteiger partial charge in [-0.2, -0.15) is 0 Å². The van der Waals surface area contributed by atoms with Crippen molar-refractivity contribution in [3.05, 3.63) is 86.4 Å². The zero-order valence-corrected chi connectivity index (χ0v) is 22.3. The van der Waals surface area contributed by atoms with Crippen LogP contribution in [-0.4, -0.2) is 36.7 Å². The Hall–Kier alpha value is -3.82. The monoisotopic (exact) mass is 521 g/mol. The van der Waals surface area contributed by atoms with Crippen molar-refractivity contribution in [3.8, 4) is 28.7 Å². The number of aryl methyl sites for hydroxylation is 2. The highest BCUT2D eigenvalue weighted by atomic mass is 35.5. The fraction of sp³-hybridized carbons (Fsp3) is 0.296. The molecule has 0 aliphatic rings. The summed E-state index contributed by atoms with van der Waals surface area (Å²) >= 11 is 6.52. The second kappa shape index (κ2) is 10.3. The molecule has 1 N–H and O–H groups in total. The van der Waals surface area contributed by atoms with Crippen LogP contribution in [0.5, 0.6) is 11.6 Å². The molecule has 0 amide bonds. The van der Waals surface area contributed by atoms with Gasteiger partial charge in [-0.25, -0.2) is 15.0 Å². The normalized spacial score (nSPS) is 11.5. The molecule has 0 aliphatic carbocycles. The number of rotatable bonds is 7. The molecule has 0 spiro atoms. The van der Waals surface area contributed by atoms with Crippen molar-refractivity contribution >= 4 is 11.6 Å². The van der Waals surface area contributed by atoms with E-state index in [4.69, 9.17) is 21.1 Å². The number of aromatic nitrogens is 5. The van der Waals surface area contributed by atoms with Gasteiger partial charge in [0.1, 0.15) is 18.0 Å². The second-order valence-electron chi connectivity index (χ2n) is 9.18. The van der Waals surface area contributed by atoms with Crippen LogP contribution in [-0.2, 0) is 12.2 Å². The van der Waals surface area contributed by atoms with E-state index in [1.165, 1.54) is 10.8 Å². The molecule has 4 heterocycles. The second-order valence-corrected chi connectivity index (χ2v) is 9.59. The van der Waals surface area contributed by atoms with Crippen LogP contribution in [0.15, 0.2) is 47.5 Å². The summed E-state index contributed by atoms with van der Waals surface area (Å²) in [5, 5.41) is 10.7. The molecule has 0 radical (unpaired) electrons. The molecular formula is C27H28ClN5O4. The number of pyridine rings is 3. The molecule has 0 aliphatic heterocycles. The van der Waals surface area contributed by atoms with Crippen molar-refractivity contribution in [3.63, 3.8) is 0 Å². The molecule has 0 bridgehead atoms. The molecule has 0 unspecified atom stereocenters. The zero-order valence-electron chi connectivity index (χ0n) is 21.5. The lowest BCUT2D eigenvalue weighted by Gasteiger charge is -2.18. The van der Waals surface area contributed by atoms with Crippen molar-refractivity contribution in [1.29, 1.82) is 0 Å². The average molecular weight is 522 g/mol. The fourth-order valence-electron chi connectivity index (χ4n) is 3.77. The van der Waals surface area contributed by atoms with Crippen LogP contribution < -0.4 is 15.0 Å². The van der Waals surface area contributed by atoms with Gasteiger partial charge in [0.15, 0.2) is 5.82 Å². The predicted molar refractivity (Wildman–Crippen MR) is 140 cm³/mol. The summed E-state index contributed by atoms with van der Waals surface area (Å²) in [5.41, 5.74) is 2.49. The van der Waals surface area contributed by atoms with Crippen LogP contribution in [0.1, 0.15) is 42.2 Å². The first kappa shape index (κ1) is 26.2. The van der Waals surface area contributed by atoms with Gasteiger partial charge in [-0.1, -0.05) is 17.7 Å². The Kier molecular flexibility index (Phi) is 7.29. The van der Waals surface area contributed by atoms with E-state index in [1.54, 1.807) is 59.2 Å². The van der Waals surface area contributed by atoms with Crippen LogP contribution in [0.3, 0.4) is 0 Å². The summed E-state index contributed by atoms with van der Waals surface area (Å²) in [4.78, 5) is 31.0. The number of methoxy groups -OCH3 is 1. The predicted octanol–water partition coefficient (Wildman–Crippen LogP) is 4.48. The molecule has 10 heteroatoms. The molecule has 0 fully saturated rings. The maximum atomic E-state index is 13.5. The minimum Gasteiger partial charge on any atom is -0.487 e. The topological polar surface area (TPSA) is 112 Å². The van der Waals surface area contributed by atoms with Gasteiger partial charge in [0.05, 0.1) is 40.5 Å². The quantitative estimate of drug-likeness (QED) is 0.379. The van der Waals surface area contributed by atoms with Gasteiger partial charge in [-0.3, -0.25) is 14.3 Å². The number of aliphatic hydroxyl groups is 1. The summed E-state index contributed by atoms with van der Waals surface area (Å²) in [6.07, 6.45) is 3.12. The lowest BCUT2D eigenvalue weighted by atomic mass is 10.1. The van der Waals surface area contributed by atoms with Crippen LogP contribution in [0.4, 0.5) is 0 Å². The van der Waals surface area contributed by atoms with Gasteiger partial charge in [0, 0.05) is 30.2 Å². The third kappa shape index (κ3) is 5.47. The SMILES string of the molecule is COc1cccc(COc2cc(C)n(-c3cc(-c4nc(C(C)(C)O)ncc4C)ncc3Cl)c(=O)c2C)n1. The van der Waals surface area contributed by atoms with E-state index in [0.717, 1.165) is 5.56 Å². The van der Waals surface area contributed by atoms with E-state index >= 15 is 0 Å². The van der Waals surface area contributed by atoms with E-state index in [1.807, 2.05) is 19.1 Å². The van der Waals surface area contributed by atoms with Crippen LogP contribution in [0, 0.1) is 20.8 Å². The van der Waals surface area contributed by atoms with E-state index in [9.17, 15) is 9.90 Å². The number of nitrogens with zero attached hydrogens (tertiary/aromatic N) is 5. The fourth-order valence-corrected chi connectivity index (χ4v) is 3.96. The molecule has 4 aromatic heterocycles. The Morgan fingerprint density at radius 1 is 1.08 bits per heavy atom. The number of ether oxygens (including phenoxy) is 2. The highest BCUT2D eigenvalue weighted by Gasteiger charge is 2.22. The standard InChI is InChI=1S/C27H28ClN5O4/c1-15-12-30-26(27(4,5)35)32-24(15)20-11-21(19(28)13-29-20)33-16(2)10-22(17(3)25(33)34)37-14-18-8-7-9-23(31-18)36-6/h7-13,35H,14H2,1-6H3. The van der Waals surface area contributed by atoms with E-state index in [0.29, 0.717) is 50.7 Å². The summed E-state index contributed by atoms with van der Waals surface area (Å²) in [7, 11) is 1.55. The van der Waals surface area contributed by atoms with Gasteiger partial charge in [0.2, 0.25) is 5.88 Å². The number of hydrogen-bond acceptors (Lipinski definition) is 8. The zero-order chi connectivity index (χ0) is 26.9. The molecule has 37 heavy (non-hydrogen) atoms. The average Bonchev–Trinajstić information content (AvgIpc) is 2.86. The summed E-state index contributed by atoms with van der Waals surface area (Å²) in [5.74, 6) is 1.21. The van der Waals surface area contributed by atoms with Crippen molar-refractivity contribution in [2.45, 2.75) is 46.8 Å². The summed E-state index contributed by atoms with van der Waals surface area (Å²) in [6.45, 7) is 8.76. The minimum absolute atomic E-state index is 0.178. The molecule has 4 aromatic rings. The molecule has 9 nitrogen and oxygen atoms in total. The van der Waals surface area contributed by atoms with Crippen molar-refractivity contribution in [2.24, 2.45) is 0 Å². The van der Waals surface area contributed by atoms with Crippen molar-refractivity contribution in [2.75, 3.05) is 7.11 Å². The Labute approximate surface area is 219 Å². The smallest absolute Gasteiger partial charge is 0.261 e. The highest BCUT2D eigenvalue weighted by Crippen LogP contribution is 2.29. The van der Waals surface area contributed by atoms with Crippen LogP contribution in [0.25, 0.3) is 17.1 Å². The molecular weight excluding hydrogens is 494 g/mol. The molecule has 4 rings (SSSR count). The number of hydrogen-bond donors (Lipinski definition) is 1. The number of halogens is 1.